The van der Waals surface area contributed by atoms with Gasteiger partial charge in [0.2, 0.25) is 0 Å². The molecule has 0 aromatic heterocycles. The van der Waals surface area contributed by atoms with Crippen molar-refractivity contribution >= 4 is 23.2 Å². The molecule has 1 aliphatic carbocycles. The Bertz CT molecular complexity index is 186. The van der Waals surface area contributed by atoms with Crippen LogP contribution >= 0.6 is 23.2 Å². The third kappa shape index (κ3) is 1.75. The monoisotopic (exact) mass is 178 g/mol. The minimum atomic E-state index is -0.668. The number of ether oxygens (including phenoxy) is 1. The van der Waals surface area contributed by atoms with Gasteiger partial charge in [0.15, 0.2) is 5.06 Å². The van der Waals surface area contributed by atoms with Crippen LogP contribution in [-0.4, -0.2) is 12.2 Å². The van der Waals surface area contributed by atoms with Gasteiger partial charge >= 0.3 is 0 Å². The Morgan fingerprint density at radius 2 is 2.40 bits per heavy atom. The van der Waals surface area contributed by atoms with Gasteiger partial charge in [0.05, 0.1) is 0 Å². The largest absolute Gasteiger partial charge is 0.359 e. The number of hydrogen-bond donors (Lipinski definition) is 0. The van der Waals surface area contributed by atoms with E-state index >= 15 is 0 Å². The van der Waals surface area contributed by atoms with Gasteiger partial charge in [0.25, 0.3) is 0 Å². The molecule has 1 unspecified atom stereocenters. The van der Waals surface area contributed by atoms with E-state index in [0.717, 1.165) is 0 Å². The summed E-state index contributed by atoms with van der Waals surface area (Å²) in [6.07, 6.45) is 5.94. The van der Waals surface area contributed by atoms with Crippen LogP contribution < -0.4 is 0 Å². The van der Waals surface area contributed by atoms with Crippen molar-refractivity contribution in [2.24, 2.45) is 0 Å². The van der Waals surface area contributed by atoms with Gasteiger partial charge in [-0.05, 0) is 12.2 Å². The van der Waals surface area contributed by atoms with E-state index in [1.807, 2.05) is 6.08 Å². The summed E-state index contributed by atoms with van der Waals surface area (Å²) >= 11 is 11.6. The molecule has 0 spiro atoms. The Morgan fingerprint density at radius 1 is 1.70 bits per heavy atom. The first kappa shape index (κ1) is 8.12. The van der Waals surface area contributed by atoms with Crippen molar-refractivity contribution in [1.82, 2.24) is 0 Å². The van der Waals surface area contributed by atoms with Gasteiger partial charge in [-0.2, -0.15) is 0 Å². The van der Waals surface area contributed by atoms with E-state index < -0.39 is 5.06 Å². The molecule has 0 N–H and O–H groups in total. The summed E-state index contributed by atoms with van der Waals surface area (Å²) in [7, 11) is 1.57. The fraction of sp³-hybridized carbons (Fsp3) is 0.429. The summed E-state index contributed by atoms with van der Waals surface area (Å²) in [5.41, 5.74) is 0. The molecule has 1 nitrogen and oxygen atoms in total. The molecule has 0 aromatic carbocycles. The fourth-order valence-corrected chi connectivity index (χ4v) is 1.01. The summed E-state index contributed by atoms with van der Waals surface area (Å²) in [5.74, 6) is 0. The van der Waals surface area contributed by atoms with Crippen LogP contribution in [0.5, 0.6) is 0 Å². The zero-order valence-corrected chi connectivity index (χ0v) is 7.12. The first-order valence-electron chi connectivity index (χ1n) is 2.95. The summed E-state index contributed by atoms with van der Waals surface area (Å²) in [5, 5.41) is 0.0478. The molecule has 0 heterocycles. The smallest absolute Gasteiger partial charge is 0.163 e. The first-order valence-corrected chi connectivity index (χ1v) is 3.71. The van der Waals surface area contributed by atoms with Crippen molar-refractivity contribution in [2.45, 2.75) is 11.5 Å². The third-order valence-electron chi connectivity index (χ3n) is 1.41. The molecule has 0 radical (unpaired) electrons. The van der Waals surface area contributed by atoms with Crippen LogP contribution in [0.2, 0.25) is 0 Å². The Kier molecular flexibility index (Phi) is 2.40. The summed E-state index contributed by atoms with van der Waals surface area (Å²) < 4.78 is 5.00. The minimum Gasteiger partial charge on any atom is -0.359 e. The van der Waals surface area contributed by atoms with E-state index in [1.165, 1.54) is 0 Å². The van der Waals surface area contributed by atoms with Crippen molar-refractivity contribution < 1.29 is 4.74 Å². The number of rotatable bonds is 1. The highest BCUT2D eigenvalue weighted by Gasteiger charge is 2.23. The maximum atomic E-state index is 5.91. The van der Waals surface area contributed by atoms with Crippen LogP contribution in [0.3, 0.4) is 0 Å². The second-order valence-corrected chi connectivity index (χ2v) is 3.19. The number of halogens is 2. The molecule has 0 bridgehead atoms. The maximum Gasteiger partial charge on any atom is 0.163 e. The zero-order valence-electron chi connectivity index (χ0n) is 5.60. The topological polar surface area (TPSA) is 9.23 Å². The van der Waals surface area contributed by atoms with E-state index in [9.17, 15) is 0 Å². The second kappa shape index (κ2) is 2.95. The van der Waals surface area contributed by atoms with Gasteiger partial charge in [-0.3, -0.25) is 0 Å². The lowest BCUT2D eigenvalue weighted by Crippen LogP contribution is -2.21. The van der Waals surface area contributed by atoms with Gasteiger partial charge in [-0.25, -0.2) is 0 Å². The van der Waals surface area contributed by atoms with Gasteiger partial charge in [0.1, 0.15) is 0 Å². The Morgan fingerprint density at radius 3 is 2.80 bits per heavy atom. The summed E-state index contributed by atoms with van der Waals surface area (Å²) in [6, 6.07) is 0. The summed E-state index contributed by atoms with van der Waals surface area (Å²) in [6.45, 7) is 0. The van der Waals surface area contributed by atoms with Gasteiger partial charge in [0, 0.05) is 18.6 Å². The molecular formula is C7H8Cl2O. The first-order chi connectivity index (χ1) is 4.66. The average Bonchev–Trinajstić information content (AvgIpc) is 1.96. The van der Waals surface area contributed by atoms with E-state index in [4.69, 9.17) is 27.9 Å². The van der Waals surface area contributed by atoms with Crippen LogP contribution in [0.1, 0.15) is 6.42 Å². The number of allylic oxidation sites excluding steroid dienone is 2. The van der Waals surface area contributed by atoms with Crippen molar-refractivity contribution in [3.63, 3.8) is 0 Å². The lowest BCUT2D eigenvalue weighted by Gasteiger charge is -2.22. The quantitative estimate of drug-likeness (QED) is 0.562. The number of methoxy groups -OCH3 is 1. The van der Waals surface area contributed by atoms with Crippen LogP contribution in [0.25, 0.3) is 0 Å². The molecular weight excluding hydrogens is 171 g/mol. The molecule has 0 aliphatic heterocycles. The maximum absolute atomic E-state index is 5.91. The molecule has 1 atom stereocenters. The highest BCUT2D eigenvalue weighted by atomic mass is 35.5. The van der Waals surface area contributed by atoms with Crippen LogP contribution in [0.4, 0.5) is 0 Å². The molecule has 0 amide bonds. The SMILES string of the molecule is COC1(Cl)C=CC(Cl)=CC1. The normalized spacial score (nSPS) is 32.1. The minimum absolute atomic E-state index is 0.625. The molecule has 3 heteroatoms. The van der Waals surface area contributed by atoms with Gasteiger partial charge in [-0.1, -0.05) is 29.3 Å². The standard InChI is InChI=1S/C7H8Cl2O/c1-10-7(9)4-2-6(8)3-5-7/h2-4H,5H2,1H3. The molecule has 1 aliphatic rings. The Hall–Kier alpha value is 0.0200. The van der Waals surface area contributed by atoms with Crippen molar-refractivity contribution in [2.75, 3.05) is 7.11 Å². The van der Waals surface area contributed by atoms with Crippen LogP contribution in [0, 0.1) is 0 Å². The van der Waals surface area contributed by atoms with Gasteiger partial charge < -0.3 is 4.74 Å². The van der Waals surface area contributed by atoms with E-state index in [1.54, 1.807) is 19.3 Å². The number of alkyl halides is 1. The molecule has 0 saturated carbocycles. The predicted molar refractivity (Wildman–Crippen MR) is 43.3 cm³/mol. The van der Waals surface area contributed by atoms with Crippen molar-refractivity contribution in [3.05, 3.63) is 23.3 Å². The number of hydrogen-bond acceptors (Lipinski definition) is 1. The highest BCUT2D eigenvalue weighted by molar-refractivity contribution is 6.32. The van der Waals surface area contributed by atoms with Crippen molar-refractivity contribution in [1.29, 1.82) is 0 Å². The van der Waals surface area contributed by atoms with Crippen LogP contribution in [-0.2, 0) is 4.74 Å². The predicted octanol–water partition coefficient (Wildman–Crippen LogP) is 2.65. The lowest BCUT2D eigenvalue weighted by molar-refractivity contribution is 0.106. The fourth-order valence-electron chi connectivity index (χ4n) is 0.728. The Labute approximate surface area is 70.3 Å². The van der Waals surface area contributed by atoms with Crippen molar-refractivity contribution in [3.8, 4) is 0 Å². The Balaban J connectivity index is 2.67. The highest BCUT2D eigenvalue weighted by Crippen LogP contribution is 2.29. The van der Waals surface area contributed by atoms with E-state index in [0.29, 0.717) is 11.5 Å². The van der Waals surface area contributed by atoms with Gasteiger partial charge in [-0.15, -0.1) is 0 Å². The second-order valence-electron chi connectivity index (χ2n) is 2.12. The zero-order chi connectivity index (χ0) is 7.61. The van der Waals surface area contributed by atoms with E-state index in [2.05, 4.69) is 0 Å². The lowest BCUT2D eigenvalue weighted by atomic mass is 10.1. The molecule has 56 valence electrons. The summed E-state index contributed by atoms with van der Waals surface area (Å²) in [4.78, 5) is 0. The molecule has 0 fully saturated rings. The molecule has 1 rings (SSSR count). The van der Waals surface area contributed by atoms with E-state index in [-0.39, 0.29) is 0 Å². The average molecular weight is 179 g/mol. The third-order valence-corrected chi connectivity index (χ3v) is 2.12. The van der Waals surface area contributed by atoms with Crippen LogP contribution in [0.15, 0.2) is 23.3 Å². The molecule has 10 heavy (non-hydrogen) atoms. The molecule has 0 saturated heterocycles. The molecule has 0 aromatic rings.